The van der Waals surface area contributed by atoms with Crippen molar-refractivity contribution in [2.24, 2.45) is 0 Å². The number of ketones is 1. The number of thioether (sulfide) groups is 1. The van der Waals surface area contributed by atoms with Crippen LogP contribution < -0.4 is 9.64 Å². The minimum absolute atomic E-state index is 0.0106. The summed E-state index contributed by atoms with van der Waals surface area (Å²) >= 11 is 8.70. The van der Waals surface area contributed by atoms with Crippen LogP contribution in [-0.4, -0.2) is 33.6 Å². The average Bonchev–Trinajstić information content (AvgIpc) is 3.54. The Balaban J connectivity index is 1.54. The Morgan fingerprint density at radius 1 is 1.05 bits per heavy atom. The minimum atomic E-state index is -0.891. The molecule has 1 atom stereocenters. The second-order valence-corrected chi connectivity index (χ2v) is 12.3. The van der Waals surface area contributed by atoms with Crippen LogP contribution in [0.2, 0.25) is 5.02 Å². The third-order valence-corrected chi connectivity index (χ3v) is 9.02. The summed E-state index contributed by atoms with van der Waals surface area (Å²) in [5.41, 5.74) is 3.94. The monoisotopic (exact) mass is 605 g/mol. The smallest absolute Gasteiger partial charge is 0.301 e. The number of aliphatic hydroxyl groups excluding tert-OH is 1. The highest BCUT2D eigenvalue weighted by Crippen LogP contribution is 2.44. The van der Waals surface area contributed by atoms with E-state index in [1.165, 1.54) is 28.0 Å². The molecule has 0 spiro atoms. The van der Waals surface area contributed by atoms with Crippen molar-refractivity contribution in [2.75, 3.05) is 11.5 Å². The van der Waals surface area contributed by atoms with Crippen molar-refractivity contribution in [3.8, 4) is 5.75 Å². The summed E-state index contributed by atoms with van der Waals surface area (Å²) in [7, 11) is 0. The lowest BCUT2D eigenvalue weighted by atomic mass is 9.93. The number of ether oxygens (including phenoxy) is 1. The second kappa shape index (κ2) is 12.5. The van der Waals surface area contributed by atoms with Crippen LogP contribution in [0, 0.1) is 13.8 Å². The second-order valence-electron chi connectivity index (χ2n) is 9.67. The zero-order valence-corrected chi connectivity index (χ0v) is 25.1. The molecule has 1 aromatic heterocycles. The van der Waals surface area contributed by atoms with Crippen LogP contribution in [-0.2, 0) is 15.3 Å². The number of hydrogen-bond acceptors (Lipinski definition) is 8. The maximum atomic E-state index is 13.5. The number of aliphatic hydroxyl groups is 1. The number of Topliss-reactive ketones (excluding diaryl/α,β-unsaturated/α-hetero) is 1. The third-order valence-electron chi connectivity index (χ3n) is 6.64. The molecule has 7 nitrogen and oxygen atoms in total. The molecule has 2 heterocycles. The van der Waals surface area contributed by atoms with Crippen molar-refractivity contribution in [3.05, 3.63) is 105 Å². The highest BCUT2D eigenvalue weighted by molar-refractivity contribution is 8.00. The van der Waals surface area contributed by atoms with Gasteiger partial charge in [-0.25, -0.2) is 0 Å². The maximum Gasteiger partial charge on any atom is 0.301 e. The molecule has 4 aromatic rings. The van der Waals surface area contributed by atoms with Crippen LogP contribution in [0.15, 0.2) is 76.6 Å². The van der Waals surface area contributed by atoms with Crippen molar-refractivity contribution in [1.29, 1.82) is 0 Å². The molecule has 0 radical (unpaired) electrons. The molecule has 1 N–H and O–H groups in total. The molecule has 0 aliphatic carbocycles. The zero-order chi connectivity index (χ0) is 29.1. The summed E-state index contributed by atoms with van der Waals surface area (Å²) in [6, 6.07) is 19.5. The molecule has 1 unspecified atom stereocenters. The zero-order valence-electron chi connectivity index (χ0n) is 22.8. The predicted molar refractivity (Wildman–Crippen MR) is 164 cm³/mol. The molecule has 210 valence electrons. The Hall–Kier alpha value is -3.66. The number of aromatic nitrogens is 2. The van der Waals surface area contributed by atoms with Gasteiger partial charge in [-0.1, -0.05) is 83.6 Å². The summed E-state index contributed by atoms with van der Waals surface area (Å²) in [5.74, 6) is -0.437. The van der Waals surface area contributed by atoms with Crippen molar-refractivity contribution in [2.45, 2.75) is 43.3 Å². The summed E-state index contributed by atoms with van der Waals surface area (Å²) in [6.45, 7) is 6.37. The summed E-state index contributed by atoms with van der Waals surface area (Å²) in [6.07, 6.45) is 0.868. The van der Waals surface area contributed by atoms with E-state index in [2.05, 4.69) is 10.2 Å². The SMILES string of the molecule is CCCOc1ccc(C2C(=C(O)c3cc(C)ccc3C)C(=O)C(=O)N2c2nnc(SCc3ccc(Cl)cc3)s2)cc1. The van der Waals surface area contributed by atoms with Crippen LogP contribution in [0.3, 0.4) is 0 Å². The summed E-state index contributed by atoms with van der Waals surface area (Å²) in [4.78, 5) is 28.4. The number of nitrogens with zero attached hydrogens (tertiary/aromatic N) is 3. The lowest BCUT2D eigenvalue weighted by molar-refractivity contribution is -0.132. The van der Waals surface area contributed by atoms with E-state index >= 15 is 0 Å². The number of carbonyl (C=O) groups is 2. The van der Waals surface area contributed by atoms with Gasteiger partial charge in [0.15, 0.2) is 4.34 Å². The first-order valence-corrected chi connectivity index (χ1v) is 15.3. The van der Waals surface area contributed by atoms with E-state index in [0.29, 0.717) is 38.6 Å². The number of halogens is 1. The average molecular weight is 606 g/mol. The first-order valence-electron chi connectivity index (χ1n) is 13.1. The van der Waals surface area contributed by atoms with E-state index in [9.17, 15) is 14.7 Å². The largest absolute Gasteiger partial charge is 0.507 e. The van der Waals surface area contributed by atoms with E-state index in [-0.39, 0.29) is 16.5 Å². The molecule has 5 rings (SSSR count). The number of aryl methyl sites for hydroxylation is 2. The number of hydrogen-bond donors (Lipinski definition) is 1. The van der Waals surface area contributed by atoms with Gasteiger partial charge in [0.1, 0.15) is 11.5 Å². The normalized spacial score (nSPS) is 16.4. The van der Waals surface area contributed by atoms with Crippen molar-refractivity contribution >= 4 is 57.3 Å². The molecule has 0 bridgehead atoms. The number of amides is 1. The molecule has 0 saturated carbocycles. The Kier molecular flexibility index (Phi) is 8.77. The van der Waals surface area contributed by atoms with Crippen molar-refractivity contribution in [1.82, 2.24) is 10.2 Å². The van der Waals surface area contributed by atoms with E-state index < -0.39 is 17.7 Å². The highest BCUT2D eigenvalue weighted by Gasteiger charge is 2.48. The quantitative estimate of drug-likeness (QED) is 0.0693. The van der Waals surface area contributed by atoms with Crippen LogP contribution in [0.4, 0.5) is 5.13 Å². The van der Waals surface area contributed by atoms with Gasteiger partial charge in [-0.3, -0.25) is 14.5 Å². The van der Waals surface area contributed by atoms with Gasteiger partial charge < -0.3 is 9.84 Å². The fourth-order valence-corrected chi connectivity index (χ4v) is 6.48. The van der Waals surface area contributed by atoms with Gasteiger partial charge in [0.2, 0.25) is 5.13 Å². The number of benzene rings is 3. The van der Waals surface area contributed by atoms with E-state index in [0.717, 1.165) is 23.1 Å². The van der Waals surface area contributed by atoms with Gasteiger partial charge in [-0.2, -0.15) is 0 Å². The van der Waals surface area contributed by atoms with Crippen molar-refractivity contribution < 1.29 is 19.4 Å². The Morgan fingerprint density at radius 2 is 1.78 bits per heavy atom. The van der Waals surface area contributed by atoms with Crippen LogP contribution >= 0.6 is 34.7 Å². The topological polar surface area (TPSA) is 92.6 Å². The van der Waals surface area contributed by atoms with Gasteiger partial charge in [0, 0.05) is 16.3 Å². The van der Waals surface area contributed by atoms with E-state index in [1.54, 1.807) is 12.1 Å². The first kappa shape index (κ1) is 28.9. The van der Waals surface area contributed by atoms with Gasteiger partial charge in [0.05, 0.1) is 18.2 Å². The minimum Gasteiger partial charge on any atom is -0.507 e. The fraction of sp³-hybridized carbons (Fsp3) is 0.226. The van der Waals surface area contributed by atoms with Crippen LogP contribution in [0.5, 0.6) is 5.75 Å². The lowest BCUT2D eigenvalue weighted by Crippen LogP contribution is -2.29. The molecule has 10 heteroatoms. The maximum absolute atomic E-state index is 13.5. The van der Waals surface area contributed by atoms with Crippen LogP contribution in [0.1, 0.15) is 47.2 Å². The van der Waals surface area contributed by atoms with Gasteiger partial charge in [0.25, 0.3) is 5.78 Å². The molecule has 1 saturated heterocycles. The Morgan fingerprint density at radius 3 is 2.49 bits per heavy atom. The summed E-state index contributed by atoms with van der Waals surface area (Å²) < 4.78 is 6.38. The van der Waals surface area contributed by atoms with Crippen molar-refractivity contribution in [3.63, 3.8) is 0 Å². The molecule has 41 heavy (non-hydrogen) atoms. The van der Waals surface area contributed by atoms with Gasteiger partial charge >= 0.3 is 5.91 Å². The summed E-state index contributed by atoms with van der Waals surface area (Å²) in [5, 5.41) is 21.0. The van der Waals surface area contributed by atoms with Gasteiger partial charge in [-0.15, -0.1) is 10.2 Å². The Bertz CT molecular complexity index is 1620. The Labute approximate surface area is 251 Å². The third kappa shape index (κ3) is 6.17. The molecule has 3 aromatic carbocycles. The highest BCUT2D eigenvalue weighted by atomic mass is 35.5. The van der Waals surface area contributed by atoms with Gasteiger partial charge in [-0.05, 0) is 67.3 Å². The molecule has 1 aliphatic heterocycles. The molecular weight excluding hydrogens is 578 g/mol. The number of carbonyl (C=O) groups excluding carboxylic acids is 2. The molecule has 1 fully saturated rings. The van der Waals surface area contributed by atoms with E-state index in [1.807, 2.05) is 75.4 Å². The standard InChI is InChI=1S/C31H28ClN3O4S2/c1-4-15-39-23-13-9-21(10-14-23)26-25(27(36)24-16-18(2)5-6-19(24)3)28(37)29(38)35(26)30-33-34-31(41-30)40-17-20-7-11-22(32)12-8-20/h5-14,16,26,36H,4,15,17H2,1-3H3. The number of rotatable bonds is 9. The van der Waals surface area contributed by atoms with Crippen LogP contribution in [0.25, 0.3) is 5.76 Å². The molecule has 1 aliphatic rings. The number of anilines is 1. The predicted octanol–water partition coefficient (Wildman–Crippen LogP) is 7.52. The van der Waals surface area contributed by atoms with E-state index in [4.69, 9.17) is 16.3 Å². The molecule has 1 amide bonds. The fourth-order valence-electron chi connectivity index (χ4n) is 4.53. The lowest BCUT2D eigenvalue weighted by Gasteiger charge is -2.23. The first-order chi connectivity index (χ1) is 19.8. The molecular formula is C31H28ClN3O4S2.